The van der Waals surface area contributed by atoms with Crippen LogP contribution in [0.1, 0.15) is 35.5 Å². The van der Waals surface area contributed by atoms with Crippen LogP contribution < -0.4 is 34.6 Å². The fourth-order valence-electron chi connectivity index (χ4n) is 3.57. The summed E-state index contributed by atoms with van der Waals surface area (Å²) >= 11 is 1.56. The van der Waals surface area contributed by atoms with Crippen molar-refractivity contribution in [3.05, 3.63) is 28.5 Å². The summed E-state index contributed by atoms with van der Waals surface area (Å²) in [6, 6.07) is 4.47. The molecule has 1 heterocycles. The van der Waals surface area contributed by atoms with Crippen LogP contribution in [0.25, 0.3) is 5.20 Å². The van der Waals surface area contributed by atoms with E-state index in [9.17, 15) is 0 Å². The van der Waals surface area contributed by atoms with Crippen LogP contribution in [-0.4, -0.2) is 29.3 Å². The Morgan fingerprint density at radius 3 is 2.19 bits per heavy atom. The van der Waals surface area contributed by atoms with Crippen LogP contribution in [0.3, 0.4) is 0 Å². The van der Waals surface area contributed by atoms with Crippen molar-refractivity contribution in [1.29, 1.82) is 0 Å². The minimum absolute atomic E-state index is 0. The molecule has 0 aromatic heterocycles. The molecule has 3 nitrogen and oxygen atoms in total. The normalized spacial score (nSPS) is 23.5. The molecule has 0 saturated heterocycles. The third kappa shape index (κ3) is 4.21. The number of fused-ring (bicyclic) bond motifs is 2. The fraction of sp³-hybridized carbons (Fsp3) is 0.556. The predicted octanol–water partition coefficient (Wildman–Crippen LogP) is -1.21. The molecule has 8 heteroatoms. The Morgan fingerprint density at radius 1 is 1.15 bits per heavy atom. The van der Waals surface area contributed by atoms with Crippen LogP contribution in [0.2, 0.25) is 26.2 Å². The molecule has 0 fully saturated rings. The van der Waals surface area contributed by atoms with Gasteiger partial charge in [0.15, 0.2) is 0 Å². The predicted molar refractivity (Wildman–Crippen MR) is 102 cm³/mol. The van der Waals surface area contributed by atoms with E-state index >= 15 is 0 Å². The minimum Gasteiger partial charge on any atom is -1.00 e. The summed E-state index contributed by atoms with van der Waals surface area (Å²) in [5.74, 6) is 1.01. The molecule has 26 heavy (non-hydrogen) atoms. The van der Waals surface area contributed by atoms with Gasteiger partial charge in [0.1, 0.15) is 0 Å². The van der Waals surface area contributed by atoms with Crippen molar-refractivity contribution < 1.29 is 58.4 Å². The smallest absolute Gasteiger partial charge is 1.00 e. The monoisotopic (exact) mass is 506 g/mol. The van der Waals surface area contributed by atoms with Crippen LogP contribution in [0.5, 0.6) is 5.75 Å². The van der Waals surface area contributed by atoms with Crippen LogP contribution in [-0.2, 0) is 29.1 Å². The molecule has 1 N–H and O–H groups in total. The third-order valence-corrected chi connectivity index (χ3v) is 11.2. The average Bonchev–Trinajstić information content (AvgIpc) is 2.89. The largest absolute Gasteiger partial charge is 1.00 e. The van der Waals surface area contributed by atoms with Gasteiger partial charge in [-0.15, -0.1) is 0 Å². The Morgan fingerprint density at radius 2 is 1.73 bits per heavy atom. The molecule has 1 aromatic rings. The summed E-state index contributed by atoms with van der Waals surface area (Å²) in [7, 11) is -1.55. The van der Waals surface area contributed by atoms with Crippen LogP contribution >= 0.6 is 0 Å². The molecule has 2 unspecified atom stereocenters. The molecule has 0 radical (unpaired) electrons. The zero-order valence-electron chi connectivity index (χ0n) is 16.8. The van der Waals surface area contributed by atoms with E-state index < -0.39 is 16.6 Å². The SMILES string of the molecule is CO[Si]1(C)C2=C1[CH]([Zr+2])c1ccc(O[Si](C)(C)C)c(NC(C)(C)C)c12.[Cl-].[Cl-]. The number of hydrogen-bond donors (Lipinski definition) is 1. The maximum Gasteiger partial charge on any atom is -1.00 e. The van der Waals surface area contributed by atoms with E-state index in [2.05, 4.69) is 64.4 Å². The first kappa shape index (κ1) is 24.5. The number of anilines is 1. The van der Waals surface area contributed by atoms with Crippen LogP contribution in [0.15, 0.2) is 17.3 Å². The molecule has 0 amide bonds. The Balaban J connectivity index is 0.00000169. The Labute approximate surface area is 187 Å². The van der Waals surface area contributed by atoms with Crippen molar-refractivity contribution in [3.63, 3.8) is 0 Å². The molecule has 2 atom stereocenters. The van der Waals surface area contributed by atoms with E-state index in [1.54, 1.807) is 29.9 Å². The molecule has 3 rings (SSSR count). The van der Waals surface area contributed by atoms with E-state index in [0.717, 1.165) is 5.75 Å². The number of halogens is 2. The topological polar surface area (TPSA) is 30.5 Å². The van der Waals surface area contributed by atoms with Crippen molar-refractivity contribution >= 4 is 27.5 Å². The number of allylic oxidation sites excluding steroid dienone is 1. The summed E-state index contributed by atoms with van der Waals surface area (Å²) in [6.45, 7) is 15.7. The summed E-state index contributed by atoms with van der Waals surface area (Å²) in [6.07, 6.45) is 0. The number of benzene rings is 1. The van der Waals surface area contributed by atoms with Gasteiger partial charge in [-0.2, -0.15) is 0 Å². The maximum atomic E-state index is 6.44. The van der Waals surface area contributed by atoms with Gasteiger partial charge in [0.25, 0.3) is 0 Å². The summed E-state index contributed by atoms with van der Waals surface area (Å²) in [4.78, 5) is 0. The van der Waals surface area contributed by atoms with Gasteiger partial charge in [-0.25, -0.2) is 0 Å². The second-order valence-electron chi connectivity index (χ2n) is 8.95. The first-order chi connectivity index (χ1) is 10.9. The van der Waals surface area contributed by atoms with Gasteiger partial charge in [0.2, 0.25) is 0 Å². The van der Waals surface area contributed by atoms with Crippen molar-refractivity contribution in [3.8, 4) is 5.75 Å². The van der Waals surface area contributed by atoms with Crippen LogP contribution in [0.4, 0.5) is 5.69 Å². The standard InChI is InChI=1S/C18H28NO2Si2.2ClH.Zr/c1-18(2,3)19-16-13(21-22(5,6)7)10-9-12-11-14-17(15(12)16)23(14,8)20-4;;;/h9-11,19H,1-8H3;2*1H;/q;;;+2/p-2. The molecular formula is C18H28Cl2NO2Si2Zr. The van der Waals surface area contributed by atoms with Crippen molar-refractivity contribution in [2.45, 2.75) is 56.1 Å². The summed E-state index contributed by atoms with van der Waals surface area (Å²) < 4.78 is 13.0. The van der Waals surface area contributed by atoms with Gasteiger partial charge in [-0.3, -0.25) is 0 Å². The number of hydrogen-bond acceptors (Lipinski definition) is 3. The Bertz CT molecular complexity index is 744. The van der Waals surface area contributed by atoms with Gasteiger partial charge in [0.05, 0.1) is 0 Å². The second kappa shape index (κ2) is 7.68. The van der Waals surface area contributed by atoms with E-state index in [1.807, 2.05) is 7.11 Å². The molecule has 1 aliphatic heterocycles. The van der Waals surface area contributed by atoms with Gasteiger partial charge in [-0.05, 0) is 0 Å². The van der Waals surface area contributed by atoms with Gasteiger partial charge in [-0.1, -0.05) is 0 Å². The fourth-order valence-corrected chi connectivity index (χ4v) is 11.2. The zero-order valence-corrected chi connectivity index (χ0v) is 22.8. The van der Waals surface area contributed by atoms with E-state index in [-0.39, 0.29) is 30.4 Å². The van der Waals surface area contributed by atoms with E-state index in [1.165, 1.54) is 22.0 Å². The van der Waals surface area contributed by atoms with Gasteiger partial charge < -0.3 is 24.8 Å². The van der Waals surface area contributed by atoms with Gasteiger partial charge >= 0.3 is 164 Å². The Hall–Kier alpha value is 0.417. The van der Waals surface area contributed by atoms with Crippen molar-refractivity contribution in [2.24, 2.45) is 0 Å². The second-order valence-corrected chi connectivity index (χ2v) is 18.3. The van der Waals surface area contributed by atoms with E-state index in [0.29, 0.717) is 3.63 Å². The number of rotatable bonds is 4. The molecule has 0 saturated carbocycles. The zero-order chi connectivity index (χ0) is 18.1. The number of nitrogens with one attached hydrogen (secondary N) is 1. The van der Waals surface area contributed by atoms with Gasteiger partial charge in [0, 0.05) is 0 Å². The molecule has 2 aliphatic rings. The summed E-state index contributed by atoms with van der Waals surface area (Å²) in [5, 5.41) is 6.89. The first-order valence-corrected chi connectivity index (χ1v) is 15.8. The molecular weight excluding hydrogens is 481 g/mol. The maximum absolute atomic E-state index is 6.44. The minimum atomic E-state index is -1.76. The Kier molecular flexibility index (Phi) is 7.22. The third-order valence-electron chi connectivity index (χ3n) is 4.57. The summed E-state index contributed by atoms with van der Waals surface area (Å²) in [5.41, 5.74) is 4.04. The van der Waals surface area contributed by atoms with Crippen LogP contribution in [0, 0.1) is 0 Å². The first-order valence-electron chi connectivity index (χ1n) is 8.55. The molecule has 1 aliphatic carbocycles. The molecule has 0 spiro atoms. The molecule has 1 aromatic carbocycles. The van der Waals surface area contributed by atoms with E-state index in [4.69, 9.17) is 8.85 Å². The quantitative estimate of drug-likeness (QED) is 0.518. The molecule has 0 bridgehead atoms. The van der Waals surface area contributed by atoms with Crippen molar-refractivity contribution in [1.82, 2.24) is 0 Å². The average molecular weight is 509 g/mol. The molecule has 143 valence electrons. The van der Waals surface area contributed by atoms with Crippen molar-refractivity contribution in [2.75, 3.05) is 12.4 Å².